The molecule has 0 bridgehead atoms. The number of hydrogen-bond acceptors (Lipinski definition) is 3. The molecule has 0 spiro atoms. The van der Waals surface area contributed by atoms with Crippen LogP contribution in [-0.2, 0) is 11.2 Å². The van der Waals surface area contributed by atoms with Crippen LogP contribution in [0.2, 0.25) is 0 Å². The van der Waals surface area contributed by atoms with Crippen LogP contribution in [0.1, 0.15) is 41.6 Å². The van der Waals surface area contributed by atoms with Gasteiger partial charge >= 0.3 is 0 Å². The zero-order chi connectivity index (χ0) is 18.1. The lowest BCUT2D eigenvalue weighted by Gasteiger charge is -2.30. The van der Waals surface area contributed by atoms with Crippen molar-refractivity contribution in [1.29, 1.82) is 0 Å². The Hall–Kier alpha value is -1.88. The molecule has 2 saturated heterocycles. The number of rotatable bonds is 6. The van der Waals surface area contributed by atoms with E-state index in [2.05, 4.69) is 9.80 Å². The molecule has 1 aromatic rings. The maximum absolute atomic E-state index is 12.4. The standard InChI is InChI=1S/C21H29N3O2/c22-20(25)19-9-2-1-5-15(19)8-4-10-23-11-17-13-24(14-18(17)12-23)21(26)16-6-3-7-16/h1-2,5,9,16-18H,3-4,6-8,10-14H2,(H2,22,25)/t17-,18?/m0/s1. The zero-order valence-electron chi connectivity index (χ0n) is 15.4. The second-order valence-corrected chi connectivity index (χ2v) is 8.28. The van der Waals surface area contributed by atoms with Gasteiger partial charge in [-0.15, -0.1) is 0 Å². The van der Waals surface area contributed by atoms with Gasteiger partial charge in [0.25, 0.3) is 0 Å². The predicted molar refractivity (Wildman–Crippen MR) is 101 cm³/mol. The molecule has 0 radical (unpaired) electrons. The van der Waals surface area contributed by atoms with Crippen LogP contribution in [0.4, 0.5) is 0 Å². The van der Waals surface area contributed by atoms with Crippen molar-refractivity contribution in [2.24, 2.45) is 23.5 Å². The van der Waals surface area contributed by atoms with E-state index in [0.29, 0.717) is 29.2 Å². The molecule has 1 saturated carbocycles. The van der Waals surface area contributed by atoms with E-state index in [-0.39, 0.29) is 5.91 Å². The van der Waals surface area contributed by atoms with Crippen LogP contribution in [-0.4, -0.2) is 54.3 Å². The fourth-order valence-electron chi connectivity index (χ4n) is 4.84. The van der Waals surface area contributed by atoms with E-state index in [1.54, 1.807) is 0 Å². The first-order valence-corrected chi connectivity index (χ1v) is 10.0. The highest BCUT2D eigenvalue weighted by molar-refractivity contribution is 5.94. The van der Waals surface area contributed by atoms with E-state index in [1.165, 1.54) is 6.42 Å². The molecule has 4 rings (SSSR count). The van der Waals surface area contributed by atoms with Crippen molar-refractivity contribution in [2.45, 2.75) is 32.1 Å². The summed E-state index contributed by atoms with van der Waals surface area (Å²) in [5, 5.41) is 0. The topological polar surface area (TPSA) is 66.6 Å². The largest absolute Gasteiger partial charge is 0.366 e. The second-order valence-electron chi connectivity index (χ2n) is 8.28. The van der Waals surface area contributed by atoms with Crippen LogP contribution >= 0.6 is 0 Å². The van der Waals surface area contributed by atoms with E-state index in [0.717, 1.165) is 64.0 Å². The summed E-state index contributed by atoms with van der Waals surface area (Å²) in [6.07, 6.45) is 5.35. The first-order valence-electron chi connectivity index (χ1n) is 10.0. The first-order chi connectivity index (χ1) is 12.6. The highest BCUT2D eigenvalue weighted by atomic mass is 16.2. The quantitative estimate of drug-likeness (QED) is 0.848. The van der Waals surface area contributed by atoms with Crippen molar-refractivity contribution in [3.8, 4) is 0 Å². The molecule has 26 heavy (non-hydrogen) atoms. The van der Waals surface area contributed by atoms with Gasteiger partial charge in [-0.3, -0.25) is 9.59 Å². The highest BCUT2D eigenvalue weighted by Gasteiger charge is 2.43. The Kier molecular flexibility index (Phi) is 4.98. The lowest BCUT2D eigenvalue weighted by atomic mass is 9.84. The number of amides is 2. The summed E-state index contributed by atoms with van der Waals surface area (Å²) in [7, 11) is 0. The number of hydrogen-bond donors (Lipinski definition) is 1. The Morgan fingerprint density at radius 1 is 1.04 bits per heavy atom. The minimum absolute atomic E-state index is 0.329. The van der Waals surface area contributed by atoms with Crippen molar-refractivity contribution in [3.63, 3.8) is 0 Å². The van der Waals surface area contributed by atoms with Crippen molar-refractivity contribution in [1.82, 2.24) is 9.80 Å². The summed E-state index contributed by atoms with van der Waals surface area (Å²) in [6, 6.07) is 7.64. The van der Waals surface area contributed by atoms with Crippen molar-refractivity contribution in [2.75, 3.05) is 32.7 Å². The predicted octanol–water partition coefficient (Wildman–Crippen LogP) is 1.91. The maximum Gasteiger partial charge on any atom is 0.248 e. The molecule has 2 N–H and O–H groups in total. The molecule has 0 aromatic heterocycles. The Labute approximate surface area is 155 Å². The number of carbonyl (C=O) groups excluding carboxylic acids is 2. The molecule has 2 amide bonds. The molecule has 3 aliphatic rings. The molecule has 1 aliphatic carbocycles. The normalized spacial score (nSPS) is 25.9. The molecule has 2 heterocycles. The lowest BCUT2D eigenvalue weighted by Crippen LogP contribution is -2.39. The second kappa shape index (κ2) is 7.39. The van der Waals surface area contributed by atoms with Crippen LogP contribution < -0.4 is 5.73 Å². The molecule has 1 unspecified atom stereocenters. The number of carbonyl (C=O) groups is 2. The van der Waals surface area contributed by atoms with Gasteiger partial charge in [-0.2, -0.15) is 0 Å². The van der Waals surface area contributed by atoms with Gasteiger partial charge in [-0.05, 0) is 55.7 Å². The Balaban J connectivity index is 1.23. The molecular weight excluding hydrogens is 326 g/mol. The molecule has 1 aromatic carbocycles. The molecule has 140 valence electrons. The van der Waals surface area contributed by atoms with E-state index >= 15 is 0 Å². The third-order valence-electron chi connectivity index (χ3n) is 6.53. The third kappa shape index (κ3) is 3.50. The maximum atomic E-state index is 12.4. The van der Waals surface area contributed by atoms with Gasteiger partial charge in [0.05, 0.1) is 0 Å². The Morgan fingerprint density at radius 2 is 1.73 bits per heavy atom. The van der Waals surface area contributed by atoms with Crippen molar-refractivity contribution in [3.05, 3.63) is 35.4 Å². The van der Waals surface area contributed by atoms with Crippen LogP contribution in [0.3, 0.4) is 0 Å². The van der Waals surface area contributed by atoms with Crippen molar-refractivity contribution >= 4 is 11.8 Å². The van der Waals surface area contributed by atoms with Crippen LogP contribution in [0.5, 0.6) is 0 Å². The monoisotopic (exact) mass is 355 g/mol. The molecule has 2 aliphatic heterocycles. The number of benzene rings is 1. The lowest BCUT2D eigenvalue weighted by molar-refractivity contribution is -0.137. The van der Waals surface area contributed by atoms with Gasteiger partial charge in [0.15, 0.2) is 0 Å². The summed E-state index contributed by atoms with van der Waals surface area (Å²) in [5.74, 6) is 1.71. The number of likely N-dealkylation sites (tertiary alicyclic amines) is 2. The molecule has 5 heteroatoms. The van der Waals surface area contributed by atoms with E-state index in [4.69, 9.17) is 5.73 Å². The third-order valence-corrected chi connectivity index (χ3v) is 6.53. The van der Waals surface area contributed by atoms with Gasteiger partial charge in [0, 0.05) is 37.7 Å². The first kappa shape index (κ1) is 17.5. The van der Waals surface area contributed by atoms with Gasteiger partial charge in [0.2, 0.25) is 11.8 Å². The summed E-state index contributed by atoms with van der Waals surface area (Å²) in [5.41, 5.74) is 7.16. The molecule has 3 fully saturated rings. The summed E-state index contributed by atoms with van der Waals surface area (Å²) < 4.78 is 0. The highest BCUT2D eigenvalue weighted by Crippen LogP contribution is 2.35. The fraction of sp³-hybridized carbons (Fsp3) is 0.619. The van der Waals surface area contributed by atoms with E-state index in [1.807, 2.05) is 24.3 Å². The minimum Gasteiger partial charge on any atom is -0.366 e. The minimum atomic E-state index is -0.340. The number of fused-ring (bicyclic) bond motifs is 1. The van der Waals surface area contributed by atoms with Crippen molar-refractivity contribution < 1.29 is 9.59 Å². The number of primary amides is 1. The summed E-state index contributed by atoms with van der Waals surface area (Å²) in [6.45, 7) is 5.19. The Morgan fingerprint density at radius 3 is 2.35 bits per heavy atom. The van der Waals surface area contributed by atoms with E-state index in [9.17, 15) is 9.59 Å². The zero-order valence-corrected chi connectivity index (χ0v) is 15.4. The fourth-order valence-corrected chi connectivity index (χ4v) is 4.84. The van der Waals surface area contributed by atoms with Gasteiger partial charge in [-0.25, -0.2) is 0 Å². The Bertz CT molecular complexity index is 672. The summed E-state index contributed by atoms with van der Waals surface area (Å²) in [4.78, 5) is 28.6. The van der Waals surface area contributed by atoms with Crippen LogP contribution in [0, 0.1) is 17.8 Å². The van der Waals surface area contributed by atoms with Gasteiger partial charge < -0.3 is 15.5 Å². The SMILES string of the molecule is NC(=O)c1ccccc1CCCN1CC2CN(C(=O)C3CCC3)C[C@@H]2C1. The van der Waals surface area contributed by atoms with Crippen LogP contribution in [0.15, 0.2) is 24.3 Å². The average molecular weight is 355 g/mol. The number of aryl methyl sites for hydroxylation is 1. The van der Waals surface area contributed by atoms with E-state index < -0.39 is 0 Å². The van der Waals surface area contributed by atoms with Gasteiger partial charge in [-0.1, -0.05) is 24.6 Å². The molecule has 5 nitrogen and oxygen atoms in total. The number of nitrogens with two attached hydrogens (primary N) is 1. The number of nitrogens with zero attached hydrogens (tertiary/aromatic N) is 2. The summed E-state index contributed by atoms with van der Waals surface area (Å²) >= 11 is 0. The molecule has 2 atom stereocenters. The van der Waals surface area contributed by atoms with Gasteiger partial charge in [0.1, 0.15) is 0 Å². The smallest absolute Gasteiger partial charge is 0.248 e. The average Bonchev–Trinajstić information content (AvgIpc) is 3.12. The van der Waals surface area contributed by atoms with Crippen LogP contribution in [0.25, 0.3) is 0 Å². The molecular formula is C21H29N3O2.